The molecule has 0 fully saturated rings. The summed E-state index contributed by atoms with van der Waals surface area (Å²) in [4.78, 5) is 72.5. The van der Waals surface area contributed by atoms with E-state index in [1.54, 1.807) is 0 Å². The lowest BCUT2D eigenvalue weighted by Crippen LogP contribution is -2.30. The molecule has 0 bridgehead atoms. The maximum Gasteiger partial charge on any atom is 0.472 e. The normalized spacial score (nSPS) is 14.8. The zero-order valence-electron chi connectivity index (χ0n) is 58.6. The summed E-state index contributed by atoms with van der Waals surface area (Å²) in [7, 11) is -9.90. The number of hydrogen-bond acceptors (Lipinski definition) is 15. The smallest absolute Gasteiger partial charge is 0.462 e. The highest BCUT2D eigenvalue weighted by Gasteiger charge is 2.30. The zero-order valence-corrected chi connectivity index (χ0v) is 60.4. The highest BCUT2D eigenvalue weighted by Crippen LogP contribution is 2.45. The van der Waals surface area contributed by atoms with Gasteiger partial charge < -0.3 is 33.8 Å². The molecule has 4 unspecified atom stereocenters. The largest absolute Gasteiger partial charge is 0.472 e. The third kappa shape index (κ3) is 62.2. The molecule has 17 nitrogen and oxygen atoms in total. The summed E-state index contributed by atoms with van der Waals surface area (Å²) < 4.78 is 68.3. The topological polar surface area (TPSA) is 237 Å². The number of hydrogen-bond donors (Lipinski definition) is 3. The number of rotatable bonds is 69. The fraction of sp³-hybridized carbons (Fsp3) is 0.944. The van der Waals surface area contributed by atoms with Crippen molar-refractivity contribution < 1.29 is 80.2 Å². The highest BCUT2D eigenvalue weighted by molar-refractivity contribution is 7.47. The van der Waals surface area contributed by atoms with Crippen molar-refractivity contribution in [3.8, 4) is 0 Å². The van der Waals surface area contributed by atoms with Gasteiger partial charge in [0.2, 0.25) is 0 Å². The summed E-state index contributed by atoms with van der Waals surface area (Å²) in [5.74, 6) is 0.117. The lowest BCUT2D eigenvalue weighted by Gasteiger charge is -2.21. The summed E-state index contributed by atoms with van der Waals surface area (Å²) in [6, 6.07) is 0. The van der Waals surface area contributed by atoms with E-state index in [1.165, 1.54) is 161 Å². The van der Waals surface area contributed by atoms with E-state index >= 15 is 0 Å². The number of carbonyl (C=O) groups excluding carboxylic acids is 4. The molecule has 0 aliphatic heterocycles. The van der Waals surface area contributed by atoms with E-state index in [1.807, 2.05) is 0 Å². The second kappa shape index (κ2) is 61.9. The third-order valence-electron chi connectivity index (χ3n) is 17.1. The molecule has 90 heavy (non-hydrogen) atoms. The van der Waals surface area contributed by atoms with Crippen molar-refractivity contribution in [3.63, 3.8) is 0 Å². The Labute approximate surface area is 549 Å². The van der Waals surface area contributed by atoms with E-state index in [-0.39, 0.29) is 25.7 Å². The molecule has 0 amide bonds. The van der Waals surface area contributed by atoms with Crippen molar-refractivity contribution >= 4 is 39.5 Å². The second-order valence-corrected chi connectivity index (χ2v) is 29.5. The predicted octanol–water partition coefficient (Wildman–Crippen LogP) is 20.2. The van der Waals surface area contributed by atoms with Gasteiger partial charge in [0.25, 0.3) is 0 Å². The van der Waals surface area contributed by atoms with Crippen molar-refractivity contribution in [3.05, 3.63) is 0 Å². The van der Waals surface area contributed by atoms with Crippen molar-refractivity contribution in [2.75, 3.05) is 39.6 Å². The van der Waals surface area contributed by atoms with Crippen LogP contribution in [0.15, 0.2) is 0 Å². The number of carbonyl (C=O) groups is 4. The first kappa shape index (κ1) is 88.1. The van der Waals surface area contributed by atoms with Crippen LogP contribution in [0.1, 0.15) is 357 Å². The van der Waals surface area contributed by atoms with Gasteiger partial charge in [0, 0.05) is 25.7 Å². The average molecular weight is 1330 g/mol. The van der Waals surface area contributed by atoms with Gasteiger partial charge in [-0.2, -0.15) is 0 Å². The third-order valence-corrected chi connectivity index (χ3v) is 19.0. The van der Waals surface area contributed by atoms with Crippen molar-refractivity contribution in [2.45, 2.75) is 375 Å². The maximum absolute atomic E-state index is 13.0. The Morgan fingerprint density at radius 3 is 0.844 bits per heavy atom. The molecular weight excluding hydrogens is 1190 g/mol. The first-order chi connectivity index (χ1) is 43.3. The molecule has 0 rings (SSSR count). The summed E-state index contributed by atoms with van der Waals surface area (Å²) >= 11 is 0. The maximum atomic E-state index is 13.0. The molecule has 0 saturated carbocycles. The predicted molar refractivity (Wildman–Crippen MR) is 363 cm³/mol. The monoisotopic (exact) mass is 1320 g/mol. The molecule has 7 atom stereocenters. The Balaban J connectivity index is 5.23. The minimum atomic E-state index is -4.95. The van der Waals surface area contributed by atoms with E-state index in [0.717, 1.165) is 108 Å². The van der Waals surface area contributed by atoms with Crippen LogP contribution in [0.4, 0.5) is 0 Å². The van der Waals surface area contributed by atoms with E-state index < -0.39 is 97.5 Å². The molecule has 534 valence electrons. The fourth-order valence-corrected chi connectivity index (χ4v) is 12.2. The number of ether oxygens (including phenoxy) is 4. The Kier molecular flexibility index (Phi) is 60.6. The molecule has 3 N–H and O–H groups in total. The van der Waals surface area contributed by atoms with Crippen LogP contribution >= 0.6 is 15.6 Å². The number of unbranched alkanes of at least 4 members (excludes halogenated alkanes) is 35. The van der Waals surface area contributed by atoms with Gasteiger partial charge in [-0.25, -0.2) is 9.13 Å². The molecule has 0 heterocycles. The standard InChI is InChI=1S/C71H138O17P2/c1-8-11-12-13-14-15-16-19-23-26-29-38-45-52-68(73)81-58-66(87-70(75)54-47-40-30-27-24-21-18-17-20-22-25-28-36-43-50-63(6)9-2)60-85-89(77,78)83-56-65(72)57-84-90(79,80)86-61-67(59-82-69(74)53-46-39-33-31-35-42-49-62(4)5)88-71(76)55-48-41-34-32-37-44-51-64(7)10-3/h62-67,72H,8-61H2,1-7H3,(H,77,78)(H,79,80)/t63?,64?,65-,66-,67-/m1/s1. The molecule has 0 aliphatic rings. The van der Waals surface area contributed by atoms with Gasteiger partial charge in [-0.3, -0.25) is 37.3 Å². The summed E-state index contributed by atoms with van der Waals surface area (Å²) in [6.45, 7) is 11.8. The Hall–Kier alpha value is -1.94. The number of phosphoric ester groups is 2. The van der Waals surface area contributed by atoms with Crippen LogP contribution in [0, 0.1) is 17.8 Å². The number of aliphatic hydroxyl groups excluding tert-OH is 1. The lowest BCUT2D eigenvalue weighted by molar-refractivity contribution is -0.161. The average Bonchev–Trinajstić information content (AvgIpc) is 3.66. The molecule has 0 radical (unpaired) electrons. The molecule has 0 spiro atoms. The van der Waals surface area contributed by atoms with Gasteiger partial charge in [0.05, 0.1) is 26.4 Å². The minimum absolute atomic E-state index is 0.102. The van der Waals surface area contributed by atoms with Crippen LogP contribution in [0.5, 0.6) is 0 Å². The van der Waals surface area contributed by atoms with Crippen LogP contribution in [0.3, 0.4) is 0 Å². The van der Waals surface area contributed by atoms with Gasteiger partial charge in [-0.05, 0) is 43.4 Å². The van der Waals surface area contributed by atoms with E-state index in [9.17, 15) is 43.2 Å². The molecule has 0 aromatic carbocycles. The quantitative estimate of drug-likeness (QED) is 0.0222. The lowest BCUT2D eigenvalue weighted by atomic mass is 9.99. The van der Waals surface area contributed by atoms with E-state index in [0.29, 0.717) is 31.6 Å². The van der Waals surface area contributed by atoms with E-state index in [4.69, 9.17) is 37.0 Å². The fourth-order valence-electron chi connectivity index (χ4n) is 10.7. The van der Waals surface area contributed by atoms with Gasteiger partial charge in [-0.1, -0.05) is 305 Å². The van der Waals surface area contributed by atoms with Crippen molar-refractivity contribution in [1.29, 1.82) is 0 Å². The van der Waals surface area contributed by atoms with E-state index in [2.05, 4.69) is 48.5 Å². The van der Waals surface area contributed by atoms with Crippen molar-refractivity contribution in [2.24, 2.45) is 17.8 Å². The minimum Gasteiger partial charge on any atom is -0.462 e. The summed E-state index contributed by atoms with van der Waals surface area (Å²) in [6.07, 6.45) is 45.9. The van der Waals surface area contributed by atoms with Gasteiger partial charge in [0.15, 0.2) is 12.2 Å². The Bertz CT molecular complexity index is 1770. The number of esters is 4. The van der Waals surface area contributed by atoms with Crippen LogP contribution in [0.2, 0.25) is 0 Å². The van der Waals surface area contributed by atoms with Crippen LogP contribution in [0.25, 0.3) is 0 Å². The summed E-state index contributed by atoms with van der Waals surface area (Å²) in [5.41, 5.74) is 0. The first-order valence-electron chi connectivity index (χ1n) is 36.9. The van der Waals surface area contributed by atoms with Crippen LogP contribution < -0.4 is 0 Å². The SMILES string of the molecule is CCCCCCCCCCCCCCCC(=O)OC[C@H](COP(=O)(O)OC[C@@H](O)COP(=O)(O)OC[C@@H](COC(=O)CCCCCCCCC(C)C)OC(=O)CCCCCCCCC(C)CC)OC(=O)CCCCCCCCCCCCCCCCC(C)CC. The number of aliphatic hydroxyl groups is 1. The molecule has 0 aromatic heterocycles. The number of phosphoric acid groups is 2. The van der Waals surface area contributed by atoms with Gasteiger partial charge >= 0.3 is 39.5 Å². The molecular formula is C71H138O17P2. The second-order valence-electron chi connectivity index (χ2n) is 26.6. The zero-order chi connectivity index (χ0) is 66.6. The molecule has 0 saturated heterocycles. The molecule has 19 heteroatoms. The molecule has 0 aromatic rings. The van der Waals surface area contributed by atoms with Crippen LogP contribution in [-0.2, 0) is 65.4 Å². The first-order valence-corrected chi connectivity index (χ1v) is 39.9. The van der Waals surface area contributed by atoms with Gasteiger partial charge in [-0.15, -0.1) is 0 Å². The van der Waals surface area contributed by atoms with Crippen molar-refractivity contribution in [1.82, 2.24) is 0 Å². The molecule has 0 aliphatic carbocycles. The Morgan fingerprint density at radius 1 is 0.322 bits per heavy atom. The van der Waals surface area contributed by atoms with Gasteiger partial charge in [0.1, 0.15) is 19.3 Å². The highest BCUT2D eigenvalue weighted by atomic mass is 31.2. The summed E-state index contributed by atoms with van der Waals surface area (Å²) in [5, 5.41) is 10.6. The van der Waals surface area contributed by atoms with Crippen LogP contribution in [-0.4, -0.2) is 96.7 Å². The Morgan fingerprint density at radius 2 is 0.567 bits per heavy atom.